The van der Waals surface area contributed by atoms with Gasteiger partial charge in [0.15, 0.2) is 11.5 Å². The number of hydrazone groups is 1. The van der Waals surface area contributed by atoms with Crippen molar-refractivity contribution in [3.05, 3.63) is 53.6 Å². The summed E-state index contributed by atoms with van der Waals surface area (Å²) in [5, 5.41) is 3.77. The average Bonchev–Trinajstić information content (AvgIpc) is 2.68. The SMILES string of the molecule is CCc1ccc(OCCCOc2c(C=NNC(N)=O)cccc2OC)cc1. The lowest BCUT2D eigenvalue weighted by molar-refractivity contribution is 0.240. The van der Waals surface area contributed by atoms with Crippen molar-refractivity contribution in [2.45, 2.75) is 19.8 Å². The number of carbonyl (C=O) groups is 1. The minimum Gasteiger partial charge on any atom is -0.493 e. The first-order valence-electron chi connectivity index (χ1n) is 8.74. The van der Waals surface area contributed by atoms with E-state index < -0.39 is 6.03 Å². The molecule has 3 N–H and O–H groups in total. The summed E-state index contributed by atoms with van der Waals surface area (Å²) in [7, 11) is 1.56. The van der Waals surface area contributed by atoms with E-state index in [-0.39, 0.29) is 0 Å². The summed E-state index contributed by atoms with van der Waals surface area (Å²) in [5.74, 6) is 1.96. The van der Waals surface area contributed by atoms with Crippen LogP contribution in [0.5, 0.6) is 17.2 Å². The van der Waals surface area contributed by atoms with E-state index in [1.807, 2.05) is 12.1 Å². The maximum atomic E-state index is 10.7. The molecule has 0 heterocycles. The van der Waals surface area contributed by atoms with E-state index in [9.17, 15) is 4.79 Å². The van der Waals surface area contributed by atoms with Gasteiger partial charge >= 0.3 is 6.03 Å². The van der Waals surface area contributed by atoms with E-state index in [4.69, 9.17) is 19.9 Å². The molecule has 2 rings (SSSR count). The molecule has 27 heavy (non-hydrogen) atoms. The Kier molecular flexibility index (Phi) is 7.96. The zero-order valence-electron chi connectivity index (χ0n) is 15.6. The quantitative estimate of drug-likeness (QED) is 0.381. The highest BCUT2D eigenvalue weighted by molar-refractivity contribution is 5.86. The standard InChI is InChI=1S/C20H25N3O4/c1-3-15-8-10-17(11-9-15)26-12-5-13-27-19-16(14-22-23-20(21)24)6-4-7-18(19)25-2/h4,6-11,14H,3,5,12-13H2,1-2H3,(H3,21,23,24). The molecule has 0 atom stereocenters. The Bertz CT molecular complexity index is 760. The Labute approximate surface area is 159 Å². The number of ether oxygens (including phenoxy) is 3. The van der Waals surface area contributed by atoms with E-state index in [1.54, 1.807) is 25.3 Å². The fourth-order valence-electron chi connectivity index (χ4n) is 2.36. The Hall–Kier alpha value is -3.22. The van der Waals surface area contributed by atoms with E-state index in [0.717, 1.165) is 12.2 Å². The number of hydrogen-bond donors (Lipinski definition) is 2. The van der Waals surface area contributed by atoms with Crippen LogP contribution in [0.4, 0.5) is 4.79 Å². The van der Waals surface area contributed by atoms with Crippen molar-refractivity contribution in [1.29, 1.82) is 0 Å². The highest BCUT2D eigenvalue weighted by Gasteiger charge is 2.09. The van der Waals surface area contributed by atoms with Gasteiger partial charge in [-0.2, -0.15) is 5.10 Å². The van der Waals surface area contributed by atoms with Crippen molar-refractivity contribution in [1.82, 2.24) is 5.43 Å². The third-order valence-electron chi connectivity index (χ3n) is 3.74. The topological polar surface area (TPSA) is 95.2 Å². The van der Waals surface area contributed by atoms with Gasteiger partial charge in [0.05, 0.1) is 26.5 Å². The number of carbonyl (C=O) groups excluding carboxylic acids is 1. The third-order valence-corrected chi connectivity index (χ3v) is 3.74. The molecule has 0 aliphatic rings. The number of primary amides is 1. The molecule has 0 fully saturated rings. The number of nitrogens with one attached hydrogen (secondary N) is 1. The molecule has 0 saturated heterocycles. The fourth-order valence-corrected chi connectivity index (χ4v) is 2.36. The van der Waals surface area contributed by atoms with Crippen molar-refractivity contribution in [2.24, 2.45) is 10.8 Å². The minimum absolute atomic E-state index is 0.442. The lowest BCUT2D eigenvalue weighted by Gasteiger charge is -2.13. The monoisotopic (exact) mass is 371 g/mol. The highest BCUT2D eigenvalue weighted by atomic mass is 16.5. The van der Waals surface area contributed by atoms with E-state index >= 15 is 0 Å². The van der Waals surface area contributed by atoms with Crippen LogP contribution in [0, 0.1) is 0 Å². The van der Waals surface area contributed by atoms with Crippen LogP contribution in [0.25, 0.3) is 0 Å². The predicted molar refractivity (Wildman–Crippen MR) is 105 cm³/mol. The first-order valence-corrected chi connectivity index (χ1v) is 8.74. The number of nitrogens with zero attached hydrogens (tertiary/aromatic N) is 1. The molecule has 144 valence electrons. The number of amides is 2. The summed E-state index contributed by atoms with van der Waals surface area (Å²) in [6.45, 7) is 3.10. The zero-order valence-corrected chi connectivity index (χ0v) is 15.6. The van der Waals surface area contributed by atoms with Gasteiger partial charge in [0.1, 0.15) is 5.75 Å². The number of rotatable bonds is 10. The van der Waals surface area contributed by atoms with E-state index in [1.165, 1.54) is 11.8 Å². The van der Waals surface area contributed by atoms with Gasteiger partial charge in [-0.1, -0.05) is 25.1 Å². The molecule has 0 spiro atoms. The van der Waals surface area contributed by atoms with Gasteiger partial charge in [0.25, 0.3) is 0 Å². The van der Waals surface area contributed by atoms with E-state index in [0.29, 0.717) is 36.7 Å². The summed E-state index contributed by atoms with van der Waals surface area (Å²) >= 11 is 0. The molecule has 0 radical (unpaired) electrons. The van der Waals surface area contributed by atoms with Crippen molar-refractivity contribution in [3.63, 3.8) is 0 Å². The van der Waals surface area contributed by atoms with Crippen molar-refractivity contribution >= 4 is 12.2 Å². The van der Waals surface area contributed by atoms with Crippen LogP contribution in [-0.2, 0) is 6.42 Å². The second kappa shape index (κ2) is 10.7. The number of para-hydroxylation sites is 1. The summed E-state index contributed by atoms with van der Waals surface area (Å²) in [6.07, 6.45) is 3.16. The summed E-state index contributed by atoms with van der Waals surface area (Å²) in [6, 6.07) is 12.7. The number of hydrogen-bond acceptors (Lipinski definition) is 5. The Morgan fingerprint density at radius 2 is 1.89 bits per heavy atom. The Morgan fingerprint density at radius 3 is 2.56 bits per heavy atom. The van der Waals surface area contributed by atoms with Crippen LogP contribution in [0.15, 0.2) is 47.6 Å². The van der Waals surface area contributed by atoms with Crippen LogP contribution < -0.4 is 25.4 Å². The van der Waals surface area contributed by atoms with Gasteiger partial charge in [-0.3, -0.25) is 0 Å². The van der Waals surface area contributed by atoms with Gasteiger partial charge in [0, 0.05) is 12.0 Å². The van der Waals surface area contributed by atoms with Gasteiger partial charge in [0.2, 0.25) is 0 Å². The van der Waals surface area contributed by atoms with Gasteiger partial charge in [-0.05, 0) is 36.2 Å². The second-order valence-electron chi connectivity index (χ2n) is 5.66. The van der Waals surface area contributed by atoms with Crippen molar-refractivity contribution in [2.75, 3.05) is 20.3 Å². The molecule has 2 amide bonds. The molecule has 7 nitrogen and oxygen atoms in total. The predicted octanol–water partition coefficient (Wildman–Crippen LogP) is 3.11. The number of methoxy groups -OCH3 is 1. The number of urea groups is 1. The van der Waals surface area contributed by atoms with Crippen LogP contribution in [0.3, 0.4) is 0 Å². The highest BCUT2D eigenvalue weighted by Crippen LogP contribution is 2.30. The zero-order chi connectivity index (χ0) is 19.5. The molecule has 0 aromatic heterocycles. The van der Waals surface area contributed by atoms with Crippen molar-refractivity contribution in [3.8, 4) is 17.2 Å². The molecule has 0 bridgehead atoms. The smallest absolute Gasteiger partial charge is 0.332 e. The lowest BCUT2D eigenvalue weighted by Crippen LogP contribution is -2.24. The molecule has 0 unspecified atom stereocenters. The average molecular weight is 371 g/mol. The third kappa shape index (κ3) is 6.54. The van der Waals surface area contributed by atoms with Gasteiger partial charge in [-0.25, -0.2) is 10.2 Å². The molecule has 2 aromatic rings. The number of benzene rings is 2. The van der Waals surface area contributed by atoms with Crippen LogP contribution in [-0.4, -0.2) is 32.6 Å². The number of aryl methyl sites for hydroxylation is 1. The first kappa shape index (κ1) is 20.1. The van der Waals surface area contributed by atoms with Crippen LogP contribution in [0.1, 0.15) is 24.5 Å². The molecule has 0 saturated carbocycles. The molecule has 0 aliphatic heterocycles. The minimum atomic E-state index is -0.735. The largest absolute Gasteiger partial charge is 0.493 e. The maximum Gasteiger partial charge on any atom is 0.332 e. The van der Waals surface area contributed by atoms with Crippen LogP contribution >= 0.6 is 0 Å². The van der Waals surface area contributed by atoms with Gasteiger partial charge in [-0.15, -0.1) is 0 Å². The van der Waals surface area contributed by atoms with E-state index in [2.05, 4.69) is 29.6 Å². The number of nitrogens with two attached hydrogens (primary N) is 1. The van der Waals surface area contributed by atoms with Crippen molar-refractivity contribution < 1.29 is 19.0 Å². The van der Waals surface area contributed by atoms with Crippen LogP contribution in [0.2, 0.25) is 0 Å². The summed E-state index contributed by atoms with van der Waals surface area (Å²) in [5.41, 5.74) is 9.09. The Balaban J connectivity index is 1.88. The van der Waals surface area contributed by atoms with Gasteiger partial charge < -0.3 is 19.9 Å². The Morgan fingerprint density at radius 1 is 1.15 bits per heavy atom. The maximum absolute atomic E-state index is 10.7. The normalized spacial score (nSPS) is 10.6. The molecular formula is C20H25N3O4. The summed E-state index contributed by atoms with van der Waals surface area (Å²) in [4.78, 5) is 10.7. The molecule has 7 heteroatoms. The lowest BCUT2D eigenvalue weighted by atomic mass is 10.2. The second-order valence-corrected chi connectivity index (χ2v) is 5.66. The first-order chi connectivity index (χ1) is 13.1. The molecular weight excluding hydrogens is 346 g/mol. The summed E-state index contributed by atoms with van der Waals surface area (Å²) < 4.78 is 16.9. The molecule has 0 aliphatic carbocycles. The molecule has 2 aromatic carbocycles. The fraction of sp³-hybridized carbons (Fsp3) is 0.300.